The number of aromatic nitrogens is 1. The van der Waals surface area contributed by atoms with E-state index in [1.807, 2.05) is 18.4 Å². The van der Waals surface area contributed by atoms with Gasteiger partial charge in [0.2, 0.25) is 0 Å². The molecule has 0 atom stereocenters. The van der Waals surface area contributed by atoms with E-state index in [1.165, 1.54) is 17.0 Å². The van der Waals surface area contributed by atoms with Gasteiger partial charge in [0.05, 0.1) is 5.69 Å². The van der Waals surface area contributed by atoms with Gasteiger partial charge in [0.1, 0.15) is 0 Å². The number of hydrogen-bond donors (Lipinski definition) is 1. The van der Waals surface area contributed by atoms with E-state index in [2.05, 4.69) is 38.0 Å². The number of hydrogen-bond acceptors (Lipinski definition) is 4. The molecule has 0 aromatic carbocycles. The van der Waals surface area contributed by atoms with Crippen molar-refractivity contribution in [1.29, 1.82) is 0 Å². The number of thiazole rings is 1. The molecule has 1 N–H and O–H groups in total. The summed E-state index contributed by atoms with van der Waals surface area (Å²) in [6, 6.07) is 0. The first-order valence-corrected chi connectivity index (χ1v) is 7.24. The first kappa shape index (κ1) is 14.5. The van der Waals surface area contributed by atoms with Gasteiger partial charge in [0, 0.05) is 25.0 Å². The number of nitrogens with one attached hydrogen (secondary N) is 1. The predicted octanol–water partition coefficient (Wildman–Crippen LogP) is 2.91. The van der Waals surface area contributed by atoms with Crippen LogP contribution in [0.25, 0.3) is 0 Å². The van der Waals surface area contributed by atoms with E-state index in [9.17, 15) is 0 Å². The van der Waals surface area contributed by atoms with Crippen molar-refractivity contribution in [1.82, 2.24) is 10.3 Å². The van der Waals surface area contributed by atoms with Crippen LogP contribution in [0, 0.1) is 5.92 Å². The van der Waals surface area contributed by atoms with Crippen LogP contribution in [0.15, 0.2) is 0 Å². The molecule has 0 saturated carbocycles. The number of aryl methyl sites for hydroxylation is 1. The largest absolute Gasteiger partial charge is 0.351 e. The zero-order chi connectivity index (χ0) is 12.8. The Morgan fingerprint density at radius 3 is 2.65 bits per heavy atom. The molecule has 0 aliphatic carbocycles. The van der Waals surface area contributed by atoms with Crippen molar-refractivity contribution in [3.05, 3.63) is 10.6 Å². The Labute approximate surface area is 109 Å². The molecule has 1 heterocycles. The summed E-state index contributed by atoms with van der Waals surface area (Å²) in [5.41, 5.74) is 1.25. The Hall–Kier alpha value is -0.610. The SMILES string of the molecule is CCc1nc(N(C)CCC(C)C)sc1CNC. The van der Waals surface area contributed by atoms with Crippen molar-refractivity contribution in [3.8, 4) is 0 Å². The van der Waals surface area contributed by atoms with Gasteiger partial charge in [-0.05, 0) is 25.8 Å². The van der Waals surface area contributed by atoms with Crippen LogP contribution in [0.3, 0.4) is 0 Å². The van der Waals surface area contributed by atoms with Crippen LogP contribution in [0.2, 0.25) is 0 Å². The Bertz CT molecular complexity index is 333. The maximum atomic E-state index is 4.73. The molecular formula is C13H25N3S. The minimum Gasteiger partial charge on any atom is -0.351 e. The number of nitrogens with zero attached hydrogens (tertiary/aromatic N) is 2. The van der Waals surface area contributed by atoms with E-state index in [1.54, 1.807) is 0 Å². The lowest BCUT2D eigenvalue weighted by molar-refractivity contribution is 0.585. The van der Waals surface area contributed by atoms with E-state index >= 15 is 0 Å². The fourth-order valence-corrected chi connectivity index (χ4v) is 2.80. The van der Waals surface area contributed by atoms with Gasteiger partial charge in [-0.1, -0.05) is 20.8 Å². The third kappa shape index (κ3) is 4.28. The van der Waals surface area contributed by atoms with Crippen LogP contribution in [0.1, 0.15) is 37.8 Å². The normalized spacial score (nSPS) is 11.2. The second-order valence-corrected chi connectivity index (χ2v) is 5.92. The summed E-state index contributed by atoms with van der Waals surface area (Å²) in [4.78, 5) is 8.39. The Kier molecular flexibility index (Phi) is 5.92. The molecule has 1 aromatic rings. The molecule has 3 nitrogen and oxygen atoms in total. The molecule has 0 fully saturated rings. The molecule has 17 heavy (non-hydrogen) atoms. The number of rotatable bonds is 7. The zero-order valence-corrected chi connectivity index (χ0v) is 12.5. The highest BCUT2D eigenvalue weighted by Crippen LogP contribution is 2.26. The van der Waals surface area contributed by atoms with Gasteiger partial charge >= 0.3 is 0 Å². The molecule has 0 radical (unpaired) electrons. The van der Waals surface area contributed by atoms with Crippen molar-refractivity contribution in [2.75, 3.05) is 25.5 Å². The molecule has 0 unspecified atom stereocenters. The highest BCUT2D eigenvalue weighted by atomic mass is 32.1. The summed E-state index contributed by atoms with van der Waals surface area (Å²) in [5.74, 6) is 0.750. The van der Waals surface area contributed by atoms with Gasteiger partial charge in [-0.2, -0.15) is 0 Å². The molecule has 1 aromatic heterocycles. The minimum absolute atomic E-state index is 0.750. The van der Waals surface area contributed by atoms with Gasteiger partial charge in [0.25, 0.3) is 0 Å². The summed E-state index contributed by atoms with van der Waals surface area (Å²) in [5, 5.41) is 4.37. The average molecular weight is 255 g/mol. The molecule has 0 aliphatic rings. The molecule has 0 amide bonds. The maximum Gasteiger partial charge on any atom is 0.185 e. The van der Waals surface area contributed by atoms with E-state index < -0.39 is 0 Å². The van der Waals surface area contributed by atoms with Crippen LogP contribution in [-0.2, 0) is 13.0 Å². The average Bonchev–Trinajstić information content (AvgIpc) is 2.69. The smallest absolute Gasteiger partial charge is 0.185 e. The molecule has 4 heteroatoms. The lowest BCUT2D eigenvalue weighted by atomic mass is 10.1. The third-order valence-electron chi connectivity index (χ3n) is 2.81. The van der Waals surface area contributed by atoms with E-state index in [0.717, 1.165) is 30.6 Å². The second-order valence-electron chi connectivity index (χ2n) is 4.85. The fourth-order valence-electron chi connectivity index (χ4n) is 1.66. The van der Waals surface area contributed by atoms with Crippen molar-refractivity contribution in [3.63, 3.8) is 0 Å². The molecule has 0 aliphatic heterocycles. The van der Waals surface area contributed by atoms with Gasteiger partial charge < -0.3 is 10.2 Å². The Morgan fingerprint density at radius 2 is 2.12 bits per heavy atom. The van der Waals surface area contributed by atoms with Crippen LogP contribution in [0.4, 0.5) is 5.13 Å². The van der Waals surface area contributed by atoms with Gasteiger partial charge in [0.15, 0.2) is 5.13 Å². The Morgan fingerprint density at radius 1 is 1.41 bits per heavy atom. The summed E-state index contributed by atoms with van der Waals surface area (Å²) < 4.78 is 0. The first-order valence-electron chi connectivity index (χ1n) is 6.42. The van der Waals surface area contributed by atoms with Crippen LogP contribution in [-0.4, -0.2) is 25.6 Å². The molecule has 0 bridgehead atoms. The van der Waals surface area contributed by atoms with Gasteiger partial charge in [-0.15, -0.1) is 11.3 Å². The third-order valence-corrected chi connectivity index (χ3v) is 4.02. The molecule has 0 spiro atoms. The quantitative estimate of drug-likeness (QED) is 0.812. The molecule has 1 rings (SSSR count). The summed E-state index contributed by atoms with van der Waals surface area (Å²) in [6.45, 7) is 8.72. The molecule has 0 saturated heterocycles. The van der Waals surface area contributed by atoms with Crippen molar-refractivity contribution >= 4 is 16.5 Å². The lowest BCUT2D eigenvalue weighted by Gasteiger charge is -2.16. The topological polar surface area (TPSA) is 28.2 Å². The molecule has 98 valence electrons. The zero-order valence-electron chi connectivity index (χ0n) is 11.7. The lowest BCUT2D eigenvalue weighted by Crippen LogP contribution is -2.19. The van der Waals surface area contributed by atoms with Crippen LogP contribution < -0.4 is 10.2 Å². The van der Waals surface area contributed by atoms with Crippen molar-refractivity contribution in [2.45, 2.75) is 40.2 Å². The first-order chi connectivity index (χ1) is 8.08. The van der Waals surface area contributed by atoms with Gasteiger partial charge in [-0.3, -0.25) is 0 Å². The minimum atomic E-state index is 0.750. The highest BCUT2D eigenvalue weighted by Gasteiger charge is 2.12. The summed E-state index contributed by atoms with van der Waals surface area (Å²) >= 11 is 1.82. The summed E-state index contributed by atoms with van der Waals surface area (Å²) in [6.07, 6.45) is 2.24. The van der Waals surface area contributed by atoms with E-state index in [4.69, 9.17) is 4.98 Å². The van der Waals surface area contributed by atoms with Crippen LogP contribution >= 0.6 is 11.3 Å². The number of anilines is 1. The molecular weight excluding hydrogens is 230 g/mol. The van der Waals surface area contributed by atoms with Crippen molar-refractivity contribution < 1.29 is 0 Å². The predicted molar refractivity (Wildman–Crippen MR) is 77.0 cm³/mol. The summed E-state index contributed by atoms with van der Waals surface area (Å²) in [7, 11) is 4.13. The van der Waals surface area contributed by atoms with Crippen molar-refractivity contribution in [2.24, 2.45) is 5.92 Å². The highest BCUT2D eigenvalue weighted by molar-refractivity contribution is 7.15. The fraction of sp³-hybridized carbons (Fsp3) is 0.769. The maximum absolute atomic E-state index is 4.73. The monoisotopic (exact) mass is 255 g/mol. The van der Waals surface area contributed by atoms with Crippen LogP contribution in [0.5, 0.6) is 0 Å². The van der Waals surface area contributed by atoms with E-state index in [0.29, 0.717) is 0 Å². The second kappa shape index (κ2) is 6.97. The van der Waals surface area contributed by atoms with Gasteiger partial charge in [-0.25, -0.2) is 4.98 Å². The standard InChI is InChI=1S/C13H25N3S/c1-6-11-12(9-14-4)17-13(15-11)16(5)8-7-10(2)3/h10,14H,6-9H2,1-5H3. The van der Waals surface area contributed by atoms with E-state index in [-0.39, 0.29) is 0 Å². The Balaban J connectivity index is 2.69.